The number of halogens is 1. The van der Waals surface area contributed by atoms with Gasteiger partial charge >= 0.3 is 5.97 Å². The molecule has 1 aromatic heterocycles. The number of aryl methyl sites for hydroxylation is 3. The van der Waals surface area contributed by atoms with E-state index in [1.165, 1.54) is 17.2 Å². The summed E-state index contributed by atoms with van der Waals surface area (Å²) in [4.78, 5) is 16.3. The fourth-order valence-corrected chi connectivity index (χ4v) is 4.18. The van der Waals surface area contributed by atoms with Crippen LogP contribution in [0.3, 0.4) is 0 Å². The van der Waals surface area contributed by atoms with E-state index >= 15 is 0 Å². The molecule has 0 saturated carbocycles. The van der Waals surface area contributed by atoms with Gasteiger partial charge in [-0.1, -0.05) is 12.1 Å². The van der Waals surface area contributed by atoms with Crippen LogP contribution < -0.4 is 4.74 Å². The third-order valence-corrected chi connectivity index (χ3v) is 5.94. The Morgan fingerprint density at radius 1 is 1.22 bits per heavy atom. The fraction of sp³-hybridized carbons (Fsp3) is 0.385. The lowest BCUT2D eigenvalue weighted by Crippen LogP contribution is -2.08. The molecule has 1 aliphatic carbocycles. The van der Waals surface area contributed by atoms with Crippen LogP contribution >= 0.6 is 0 Å². The minimum absolute atomic E-state index is 0.138. The third kappa shape index (κ3) is 4.85. The molecule has 1 atom stereocenters. The van der Waals surface area contributed by atoms with E-state index < -0.39 is 0 Å². The average molecular weight is 438 g/mol. The predicted octanol–water partition coefficient (Wildman–Crippen LogP) is 5.70. The first-order valence-corrected chi connectivity index (χ1v) is 11.1. The maximum atomic E-state index is 13.9. The molecule has 0 bridgehead atoms. The molecule has 0 spiro atoms. The van der Waals surface area contributed by atoms with Gasteiger partial charge in [0, 0.05) is 12.0 Å². The number of aromatic nitrogens is 1. The van der Waals surface area contributed by atoms with Gasteiger partial charge in [0.25, 0.3) is 0 Å². The number of esters is 1. The molecule has 0 amide bonds. The predicted molar refractivity (Wildman–Crippen MR) is 119 cm³/mol. The van der Waals surface area contributed by atoms with Crippen LogP contribution in [0, 0.1) is 19.7 Å². The number of fused-ring (bicyclic) bond motifs is 1. The van der Waals surface area contributed by atoms with Crippen molar-refractivity contribution < 1.29 is 23.1 Å². The second kappa shape index (κ2) is 9.55. The van der Waals surface area contributed by atoms with Crippen molar-refractivity contribution in [3.05, 3.63) is 70.4 Å². The number of rotatable bonds is 8. The number of ether oxygens (including phenoxy) is 2. The molecule has 5 nitrogen and oxygen atoms in total. The highest BCUT2D eigenvalue weighted by atomic mass is 19.1. The topological polar surface area (TPSA) is 61.6 Å². The number of carbonyl (C=O) groups is 1. The summed E-state index contributed by atoms with van der Waals surface area (Å²) < 4.78 is 30.8. The molecule has 1 unspecified atom stereocenters. The molecule has 3 aromatic rings. The normalized spacial score (nSPS) is 14.9. The Kier molecular flexibility index (Phi) is 6.58. The summed E-state index contributed by atoms with van der Waals surface area (Å²) in [6.45, 7) is 6.30. The Labute approximate surface area is 187 Å². The molecule has 32 heavy (non-hydrogen) atoms. The summed E-state index contributed by atoms with van der Waals surface area (Å²) in [5, 5.41) is 0. The number of oxazole rings is 1. The second-order valence-electron chi connectivity index (χ2n) is 8.20. The number of hydrogen-bond acceptors (Lipinski definition) is 5. The molecular weight excluding hydrogens is 409 g/mol. The van der Waals surface area contributed by atoms with Gasteiger partial charge in [-0.05, 0) is 80.5 Å². The van der Waals surface area contributed by atoms with E-state index in [0.29, 0.717) is 43.1 Å². The zero-order valence-electron chi connectivity index (χ0n) is 18.7. The van der Waals surface area contributed by atoms with Crippen molar-refractivity contribution in [2.75, 3.05) is 13.2 Å². The Bertz CT molecular complexity index is 1120. The van der Waals surface area contributed by atoms with Gasteiger partial charge in [-0.3, -0.25) is 4.79 Å². The molecule has 1 aliphatic rings. The first kappa shape index (κ1) is 22.1. The first-order valence-electron chi connectivity index (χ1n) is 11.1. The van der Waals surface area contributed by atoms with Crippen LogP contribution in [-0.2, 0) is 22.4 Å². The molecule has 0 N–H and O–H groups in total. The number of hydrogen-bond donors (Lipinski definition) is 0. The van der Waals surface area contributed by atoms with Crippen molar-refractivity contribution in [3.8, 4) is 17.2 Å². The highest BCUT2D eigenvalue weighted by Crippen LogP contribution is 2.37. The summed E-state index contributed by atoms with van der Waals surface area (Å²) in [5.41, 5.74) is 4.44. The molecule has 0 aliphatic heterocycles. The summed E-state index contributed by atoms with van der Waals surface area (Å²) in [6, 6.07) is 11.1. The Morgan fingerprint density at radius 3 is 2.84 bits per heavy atom. The minimum Gasteiger partial charge on any atom is -0.493 e. The monoisotopic (exact) mass is 437 g/mol. The lowest BCUT2D eigenvalue weighted by molar-refractivity contribution is -0.143. The van der Waals surface area contributed by atoms with E-state index in [4.69, 9.17) is 13.9 Å². The molecular formula is C26H28FNO4. The minimum atomic E-state index is -0.274. The van der Waals surface area contributed by atoms with Crippen LogP contribution in [0.25, 0.3) is 11.5 Å². The second-order valence-corrected chi connectivity index (χ2v) is 8.20. The molecule has 2 aromatic carbocycles. The van der Waals surface area contributed by atoms with Crippen LogP contribution in [0.5, 0.6) is 5.75 Å². The first-order chi connectivity index (χ1) is 15.4. The molecule has 0 radical (unpaired) electrons. The summed E-state index contributed by atoms with van der Waals surface area (Å²) in [5.74, 6) is 1.77. The molecule has 168 valence electrons. The smallest absolute Gasteiger partial charge is 0.306 e. The Hall–Kier alpha value is -3.15. The number of carbonyl (C=O) groups excluding carboxylic acids is 1. The zero-order valence-corrected chi connectivity index (χ0v) is 18.7. The van der Waals surface area contributed by atoms with E-state index in [9.17, 15) is 9.18 Å². The molecule has 6 heteroatoms. The van der Waals surface area contributed by atoms with Crippen molar-refractivity contribution in [1.29, 1.82) is 0 Å². The van der Waals surface area contributed by atoms with E-state index in [-0.39, 0.29) is 17.7 Å². The maximum Gasteiger partial charge on any atom is 0.306 e. The lowest BCUT2D eigenvalue weighted by Gasteiger charge is -2.12. The van der Waals surface area contributed by atoms with Crippen LogP contribution in [0.2, 0.25) is 0 Å². The van der Waals surface area contributed by atoms with E-state index in [2.05, 4.69) is 17.1 Å². The maximum absolute atomic E-state index is 13.9. The van der Waals surface area contributed by atoms with Gasteiger partial charge in [0.2, 0.25) is 5.89 Å². The SMILES string of the molecule is CCOC(=O)CC1CCc2cc(OCCc3oc(-c4ccc(C)c(F)c4)nc3C)ccc21. The molecule has 1 heterocycles. The van der Waals surface area contributed by atoms with Gasteiger partial charge in [-0.25, -0.2) is 9.37 Å². The van der Waals surface area contributed by atoms with Crippen LogP contribution in [0.15, 0.2) is 40.8 Å². The van der Waals surface area contributed by atoms with Crippen LogP contribution in [-0.4, -0.2) is 24.2 Å². The molecule has 0 saturated heterocycles. The van der Waals surface area contributed by atoms with E-state index in [1.54, 1.807) is 13.0 Å². The largest absolute Gasteiger partial charge is 0.493 e. The molecule has 4 rings (SSSR count). The van der Waals surface area contributed by atoms with Gasteiger partial charge in [0.1, 0.15) is 17.3 Å². The van der Waals surface area contributed by atoms with Crippen molar-refractivity contribution in [1.82, 2.24) is 4.98 Å². The van der Waals surface area contributed by atoms with E-state index in [0.717, 1.165) is 30.0 Å². The van der Waals surface area contributed by atoms with Gasteiger partial charge in [-0.15, -0.1) is 0 Å². The average Bonchev–Trinajstić information content (AvgIpc) is 3.33. The fourth-order valence-electron chi connectivity index (χ4n) is 4.18. The van der Waals surface area contributed by atoms with Gasteiger partial charge in [0.15, 0.2) is 0 Å². The summed E-state index contributed by atoms with van der Waals surface area (Å²) in [7, 11) is 0. The summed E-state index contributed by atoms with van der Waals surface area (Å²) in [6.07, 6.45) is 2.89. The van der Waals surface area contributed by atoms with E-state index in [1.807, 2.05) is 26.0 Å². The summed E-state index contributed by atoms with van der Waals surface area (Å²) >= 11 is 0. The number of benzene rings is 2. The zero-order chi connectivity index (χ0) is 22.7. The van der Waals surface area contributed by atoms with Gasteiger partial charge < -0.3 is 13.9 Å². The van der Waals surface area contributed by atoms with Gasteiger partial charge in [0.05, 0.1) is 25.3 Å². The van der Waals surface area contributed by atoms with Gasteiger partial charge in [-0.2, -0.15) is 0 Å². The van der Waals surface area contributed by atoms with Crippen molar-refractivity contribution in [2.45, 2.75) is 52.4 Å². The quantitative estimate of drug-likeness (QED) is 0.423. The van der Waals surface area contributed by atoms with Crippen molar-refractivity contribution >= 4 is 5.97 Å². The molecule has 0 fully saturated rings. The lowest BCUT2D eigenvalue weighted by atomic mass is 9.98. The van der Waals surface area contributed by atoms with Crippen LogP contribution in [0.4, 0.5) is 4.39 Å². The van der Waals surface area contributed by atoms with Crippen molar-refractivity contribution in [2.24, 2.45) is 0 Å². The standard InChI is InChI=1S/C26H28FNO4/c1-4-30-25(29)15-19-8-7-18-13-21(9-10-22(18)19)31-12-11-24-17(3)28-26(32-24)20-6-5-16(2)23(27)14-20/h5-6,9-10,13-14,19H,4,7-8,11-12,15H2,1-3H3. The highest BCUT2D eigenvalue weighted by molar-refractivity contribution is 5.71. The van der Waals surface area contributed by atoms with Crippen molar-refractivity contribution in [3.63, 3.8) is 0 Å². The Morgan fingerprint density at radius 2 is 2.06 bits per heavy atom. The highest BCUT2D eigenvalue weighted by Gasteiger charge is 2.25. The van der Waals surface area contributed by atoms with Crippen LogP contribution in [0.1, 0.15) is 53.8 Å². The Balaban J connectivity index is 1.36. The number of nitrogens with zero attached hydrogens (tertiary/aromatic N) is 1. The third-order valence-electron chi connectivity index (χ3n) is 5.94.